The molecule has 1 aliphatic carbocycles. The van der Waals surface area contributed by atoms with E-state index in [1.807, 2.05) is 0 Å². The van der Waals surface area contributed by atoms with E-state index in [0.717, 1.165) is 0 Å². The van der Waals surface area contributed by atoms with E-state index in [0.29, 0.717) is 0 Å². The molecule has 5 aromatic rings. The van der Waals surface area contributed by atoms with E-state index in [1.165, 1.54) is 67.0 Å². The molecule has 0 amide bonds. The average molecular weight is 522 g/mol. The van der Waals surface area contributed by atoms with Gasteiger partial charge in [-0.15, -0.1) is 0 Å². The van der Waals surface area contributed by atoms with Crippen LogP contribution in [-0.2, 0) is 5.41 Å². The molecule has 40 heavy (non-hydrogen) atoms. The van der Waals surface area contributed by atoms with Crippen LogP contribution in [0.3, 0.4) is 0 Å². The molecule has 1 aliphatic rings. The topological polar surface area (TPSA) is 3.24 Å². The number of hydrogen-bond acceptors (Lipinski definition) is 1. The number of rotatable bonds is 4. The Kier molecular flexibility index (Phi) is 6.22. The van der Waals surface area contributed by atoms with Gasteiger partial charge in [0.05, 0.1) is 0 Å². The largest absolute Gasteiger partial charge is 0.336 e. The minimum Gasteiger partial charge on any atom is -0.336 e. The van der Waals surface area contributed by atoms with Gasteiger partial charge >= 0.3 is 0 Å². The summed E-state index contributed by atoms with van der Waals surface area (Å²) in [6, 6.07) is 40.2. The first-order valence-electron chi connectivity index (χ1n) is 14.4. The van der Waals surface area contributed by atoms with Gasteiger partial charge in [0.1, 0.15) is 0 Å². The van der Waals surface area contributed by atoms with E-state index in [1.54, 1.807) is 0 Å². The van der Waals surface area contributed by atoms with Crippen LogP contribution in [0.5, 0.6) is 0 Å². The zero-order chi connectivity index (χ0) is 28.2. The van der Waals surface area contributed by atoms with Crippen molar-refractivity contribution in [2.24, 2.45) is 0 Å². The maximum absolute atomic E-state index is 2.55. The van der Waals surface area contributed by atoms with E-state index in [2.05, 4.69) is 163 Å². The van der Waals surface area contributed by atoms with Gasteiger partial charge < -0.3 is 4.90 Å². The predicted octanol–water partition coefficient (Wildman–Crippen LogP) is 10.9. The van der Waals surface area contributed by atoms with Crippen molar-refractivity contribution in [1.29, 1.82) is 0 Å². The van der Waals surface area contributed by atoms with Crippen LogP contribution in [0.4, 0.5) is 11.4 Å². The fourth-order valence-corrected chi connectivity index (χ4v) is 6.46. The van der Waals surface area contributed by atoms with Crippen LogP contribution in [0.2, 0.25) is 0 Å². The monoisotopic (exact) mass is 521 g/mol. The Hall–Kier alpha value is -4.10. The molecule has 0 unspecified atom stereocenters. The Bertz CT molecular complexity index is 1700. The van der Waals surface area contributed by atoms with E-state index in [9.17, 15) is 0 Å². The average Bonchev–Trinajstić information content (AvgIpc) is 3.15. The van der Waals surface area contributed by atoms with Gasteiger partial charge in [-0.1, -0.05) is 98.8 Å². The lowest BCUT2D eigenvalue weighted by atomic mass is 9.81. The molecule has 0 radical (unpaired) electrons. The first-order valence-corrected chi connectivity index (χ1v) is 14.4. The molecule has 1 nitrogen and oxygen atoms in total. The fourth-order valence-electron chi connectivity index (χ4n) is 6.46. The second kappa shape index (κ2) is 9.52. The minimum atomic E-state index is -0.116. The minimum absolute atomic E-state index is 0.0766. The molecule has 0 heterocycles. The first kappa shape index (κ1) is 26.1. The summed E-state index contributed by atoms with van der Waals surface area (Å²) < 4.78 is 0. The standard InChI is InChI=1S/C39H39N/c1-26-18-19-31(29-16-12-9-13-17-29)24-36(26)40(38(3,4)5)37-25-35-32(22-27(37)2)33-23-30(28-14-10-8-11-15-28)20-21-34(33)39(35,6)7/h8-25H,1-7H3. The third kappa shape index (κ3) is 4.34. The van der Waals surface area contributed by atoms with Crippen molar-refractivity contribution in [1.82, 2.24) is 0 Å². The molecule has 1 heteroatoms. The van der Waals surface area contributed by atoms with Gasteiger partial charge in [0.25, 0.3) is 0 Å². The van der Waals surface area contributed by atoms with E-state index >= 15 is 0 Å². The van der Waals surface area contributed by atoms with Crippen LogP contribution in [0, 0.1) is 13.8 Å². The van der Waals surface area contributed by atoms with Gasteiger partial charge in [0.15, 0.2) is 0 Å². The Morgan fingerprint density at radius 2 is 1.02 bits per heavy atom. The summed E-state index contributed by atoms with van der Waals surface area (Å²) in [5, 5.41) is 0. The zero-order valence-electron chi connectivity index (χ0n) is 24.8. The van der Waals surface area contributed by atoms with Gasteiger partial charge in [0, 0.05) is 22.3 Å². The Morgan fingerprint density at radius 3 is 1.62 bits per heavy atom. The van der Waals surface area contributed by atoms with Crippen LogP contribution in [-0.4, -0.2) is 5.54 Å². The molecule has 0 fully saturated rings. The van der Waals surface area contributed by atoms with Gasteiger partial charge in [-0.25, -0.2) is 0 Å². The smallest absolute Gasteiger partial charge is 0.0451 e. The van der Waals surface area contributed by atoms with Crippen molar-refractivity contribution in [2.75, 3.05) is 4.90 Å². The highest BCUT2D eigenvalue weighted by Gasteiger charge is 2.37. The third-order valence-electron chi connectivity index (χ3n) is 8.57. The Labute approximate surface area is 240 Å². The summed E-state index contributed by atoms with van der Waals surface area (Å²) >= 11 is 0. The number of fused-ring (bicyclic) bond motifs is 3. The van der Waals surface area contributed by atoms with Crippen molar-refractivity contribution < 1.29 is 0 Å². The van der Waals surface area contributed by atoms with Gasteiger partial charge in [-0.05, 0) is 115 Å². The number of benzene rings is 5. The zero-order valence-corrected chi connectivity index (χ0v) is 24.8. The second-order valence-electron chi connectivity index (χ2n) is 12.8. The SMILES string of the molecule is Cc1ccc(-c2ccccc2)cc1N(c1cc2c(cc1C)-c1cc(-c3ccccc3)ccc1C2(C)C)C(C)(C)C. The van der Waals surface area contributed by atoms with Gasteiger partial charge in [-0.2, -0.15) is 0 Å². The maximum Gasteiger partial charge on any atom is 0.0451 e. The molecule has 0 saturated carbocycles. The number of nitrogens with zero attached hydrogens (tertiary/aromatic N) is 1. The Balaban J connectivity index is 1.52. The second-order valence-corrected chi connectivity index (χ2v) is 12.8. The molecule has 0 atom stereocenters. The summed E-state index contributed by atoms with van der Waals surface area (Å²) in [6.07, 6.45) is 0. The lowest BCUT2D eigenvalue weighted by molar-refractivity contribution is 0.557. The lowest BCUT2D eigenvalue weighted by Gasteiger charge is -2.40. The molecule has 200 valence electrons. The van der Waals surface area contributed by atoms with E-state index in [-0.39, 0.29) is 11.0 Å². The molecule has 0 aromatic heterocycles. The van der Waals surface area contributed by atoms with Crippen molar-refractivity contribution in [3.05, 3.63) is 131 Å². The quantitative estimate of drug-likeness (QED) is 0.227. The molecular weight excluding hydrogens is 482 g/mol. The summed E-state index contributed by atoms with van der Waals surface area (Å²) in [7, 11) is 0. The fraction of sp³-hybridized carbons (Fsp3) is 0.231. The molecule has 0 saturated heterocycles. The number of anilines is 2. The summed E-state index contributed by atoms with van der Waals surface area (Å²) in [6.45, 7) is 16.2. The highest BCUT2D eigenvalue weighted by Crippen LogP contribution is 2.52. The lowest BCUT2D eigenvalue weighted by Crippen LogP contribution is -2.38. The molecular formula is C39H39N. The van der Waals surface area contributed by atoms with Gasteiger partial charge in [-0.3, -0.25) is 0 Å². The van der Waals surface area contributed by atoms with Crippen molar-refractivity contribution >= 4 is 11.4 Å². The summed E-state index contributed by atoms with van der Waals surface area (Å²) in [4.78, 5) is 2.55. The van der Waals surface area contributed by atoms with Crippen LogP contribution >= 0.6 is 0 Å². The van der Waals surface area contributed by atoms with E-state index in [4.69, 9.17) is 0 Å². The summed E-state index contributed by atoms with van der Waals surface area (Å²) in [5.41, 5.74) is 15.5. The van der Waals surface area contributed by atoms with Crippen molar-refractivity contribution in [3.63, 3.8) is 0 Å². The van der Waals surface area contributed by atoms with E-state index < -0.39 is 0 Å². The molecule has 0 bridgehead atoms. The summed E-state index contributed by atoms with van der Waals surface area (Å²) in [5.74, 6) is 0. The number of aryl methyl sites for hydroxylation is 2. The van der Waals surface area contributed by atoms with Crippen LogP contribution in [0.1, 0.15) is 56.9 Å². The Morgan fingerprint density at radius 1 is 0.500 bits per heavy atom. The highest BCUT2D eigenvalue weighted by atomic mass is 15.2. The van der Waals surface area contributed by atoms with Crippen molar-refractivity contribution in [2.45, 2.75) is 59.4 Å². The predicted molar refractivity (Wildman–Crippen MR) is 173 cm³/mol. The highest BCUT2D eigenvalue weighted by molar-refractivity contribution is 5.88. The van der Waals surface area contributed by atoms with Crippen LogP contribution in [0.25, 0.3) is 33.4 Å². The third-order valence-corrected chi connectivity index (χ3v) is 8.57. The molecule has 0 N–H and O–H groups in total. The maximum atomic E-state index is 2.55. The molecule has 6 rings (SSSR count). The van der Waals surface area contributed by atoms with Crippen LogP contribution < -0.4 is 4.90 Å². The molecule has 0 spiro atoms. The first-order chi connectivity index (χ1) is 19.1. The molecule has 5 aromatic carbocycles. The molecule has 0 aliphatic heterocycles. The number of hydrogen-bond donors (Lipinski definition) is 0. The van der Waals surface area contributed by atoms with Crippen molar-refractivity contribution in [3.8, 4) is 33.4 Å². The van der Waals surface area contributed by atoms with Crippen LogP contribution in [0.15, 0.2) is 109 Å². The van der Waals surface area contributed by atoms with Gasteiger partial charge in [0.2, 0.25) is 0 Å². The normalized spacial score (nSPS) is 13.6.